The molecule has 2 aromatic carbocycles. The number of nitrogens with zero attached hydrogens (tertiary/aromatic N) is 3. The number of methoxy groups -OCH3 is 1. The van der Waals surface area contributed by atoms with Crippen LogP contribution in [0.2, 0.25) is 0 Å². The minimum absolute atomic E-state index is 0.479. The van der Waals surface area contributed by atoms with E-state index in [2.05, 4.69) is 22.2 Å². The van der Waals surface area contributed by atoms with E-state index in [1.165, 1.54) is 16.9 Å². The molecule has 0 spiro atoms. The lowest BCUT2D eigenvalue weighted by atomic mass is 10.1. The second-order valence-electron chi connectivity index (χ2n) is 5.87. The molecule has 0 aliphatic rings. The van der Waals surface area contributed by atoms with E-state index in [0.717, 1.165) is 40.4 Å². The number of fused-ring (bicyclic) bond motifs is 1. The number of aryl methyl sites for hydroxylation is 2. The van der Waals surface area contributed by atoms with Gasteiger partial charge in [-0.2, -0.15) is 9.61 Å². The molecule has 0 aliphatic heterocycles. The fourth-order valence-electron chi connectivity index (χ4n) is 2.87. The second kappa shape index (κ2) is 7.09. The van der Waals surface area contributed by atoms with Gasteiger partial charge in [-0.15, -0.1) is 0 Å². The van der Waals surface area contributed by atoms with Gasteiger partial charge in [-0.25, -0.2) is 4.98 Å². The zero-order chi connectivity index (χ0) is 17.9. The number of aromatic nitrogens is 3. The Morgan fingerprint density at radius 2 is 1.85 bits per heavy atom. The second-order valence-corrected chi connectivity index (χ2v) is 6.91. The highest BCUT2D eigenvalue weighted by molar-refractivity contribution is 7.16. The normalized spacial score (nSPS) is 11.0. The Morgan fingerprint density at radius 3 is 2.54 bits per heavy atom. The van der Waals surface area contributed by atoms with Gasteiger partial charge >= 0.3 is 0 Å². The maximum Gasteiger partial charge on any atom is 0.213 e. The molecule has 0 fully saturated rings. The van der Waals surface area contributed by atoms with Crippen LogP contribution in [-0.2, 0) is 12.8 Å². The van der Waals surface area contributed by atoms with Crippen LogP contribution in [0.4, 0.5) is 0 Å². The summed E-state index contributed by atoms with van der Waals surface area (Å²) in [5.74, 6) is 0.767. The Hall–Kier alpha value is -2.99. The first-order chi connectivity index (χ1) is 12.8. The Labute approximate surface area is 154 Å². The SMILES string of the molecule is COc1ccc(-c2nc3sc(CCc4ccccc4)nn3c2C=O)cc1. The lowest BCUT2D eigenvalue weighted by molar-refractivity contribution is 0.111. The maximum absolute atomic E-state index is 11.7. The molecule has 0 amide bonds. The van der Waals surface area contributed by atoms with Crippen LogP contribution < -0.4 is 4.74 Å². The minimum atomic E-state index is 0.479. The molecule has 0 saturated heterocycles. The highest BCUT2D eigenvalue weighted by Gasteiger charge is 2.17. The van der Waals surface area contributed by atoms with Gasteiger partial charge in [-0.3, -0.25) is 4.79 Å². The third-order valence-electron chi connectivity index (χ3n) is 4.23. The zero-order valence-corrected chi connectivity index (χ0v) is 15.1. The van der Waals surface area contributed by atoms with Crippen molar-refractivity contribution in [3.63, 3.8) is 0 Å². The predicted molar refractivity (Wildman–Crippen MR) is 102 cm³/mol. The smallest absolute Gasteiger partial charge is 0.213 e. The predicted octanol–water partition coefficient (Wildman–Crippen LogP) is 4.06. The molecule has 0 atom stereocenters. The van der Waals surface area contributed by atoms with Crippen molar-refractivity contribution in [2.24, 2.45) is 0 Å². The fraction of sp³-hybridized carbons (Fsp3) is 0.150. The molecule has 130 valence electrons. The first kappa shape index (κ1) is 16.5. The number of carbonyl (C=O) groups is 1. The molecule has 0 saturated carbocycles. The van der Waals surface area contributed by atoms with Gasteiger partial charge in [0.1, 0.15) is 22.1 Å². The van der Waals surface area contributed by atoms with Crippen molar-refractivity contribution in [2.45, 2.75) is 12.8 Å². The van der Waals surface area contributed by atoms with Crippen molar-refractivity contribution in [3.8, 4) is 17.0 Å². The van der Waals surface area contributed by atoms with Crippen LogP contribution in [0, 0.1) is 0 Å². The number of aldehydes is 1. The lowest BCUT2D eigenvalue weighted by Gasteiger charge is -2.01. The van der Waals surface area contributed by atoms with Crippen LogP contribution in [0.1, 0.15) is 21.1 Å². The number of benzene rings is 2. The van der Waals surface area contributed by atoms with Gasteiger partial charge in [-0.05, 0) is 36.2 Å². The molecule has 4 rings (SSSR count). The molecule has 5 nitrogen and oxygen atoms in total. The Kier molecular flexibility index (Phi) is 4.50. The van der Waals surface area contributed by atoms with E-state index in [1.807, 2.05) is 42.5 Å². The topological polar surface area (TPSA) is 56.5 Å². The summed E-state index contributed by atoms with van der Waals surface area (Å²) >= 11 is 1.53. The average Bonchev–Trinajstić information content (AvgIpc) is 3.24. The van der Waals surface area contributed by atoms with Gasteiger partial charge in [0.15, 0.2) is 6.29 Å². The van der Waals surface area contributed by atoms with Crippen LogP contribution in [0.25, 0.3) is 16.2 Å². The van der Waals surface area contributed by atoms with Gasteiger partial charge < -0.3 is 4.74 Å². The molecule has 6 heteroatoms. The summed E-state index contributed by atoms with van der Waals surface area (Å²) in [6.45, 7) is 0. The molecule has 4 aromatic rings. The van der Waals surface area contributed by atoms with E-state index >= 15 is 0 Å². The summed E-state index contributed by atoms with van der Waals surface area (Å²) in [6.07, 6.45) is 2.56. The van der Waals surface area contributed by atoms with Gasteiger partial charge in [0.05, 0.1) is 7.11 Å². The summed E-state index contributed by atoms with van der Waals surface area (Å²) in [6, 6.07) is 17.8. The summed E-state index contributed by atoms with van der Waals surface area (Å²) in [5.41, 5.74) is 3.27. The van der Waals surface area contributed by atoms with Crippen molar-refractivity contribution < 1.29 is 9.53 Å². The molecule has 2 heterocycles. The first-order valence-corrected chi connectivity index (χ1v) is 9.12. The van der Waals surface area contributed by atoms with Gasteiger partial charge in [0, 0.05) is 12.0 Å². The van der Waals surface area contributed by atoms with Gasteiger partial charge in [-0.1, -0.05) is 41.7 Å². The maximum atomic E-state index is 11.7. The van der Waals surface area contributed by atoms with Crippen LogP contribution in [-0.4, -0.2) is 28.0 Å². The van der Waals surface area contributed by atoms with Crippen molar-refractivity contribution >= 4 is 22.6 Å². The summed E-state index contributed by atoms with van der Waals surface area (Å²) in [5, 5.41) is 5.57. The monoisotopic (exact) mass is 363 g/mol. The molecule has 0 N–H and O–H groups in total. The fourth-order valence-corrected chi connectivity index (χ4v) is 3.77. The first-order valence-electron chi connectivity index (χ1n) is 8.30. The number of rotatable bonds is 6. The summed E-state index contributed by atoms with van der Waals surface area (Å²) < 4.78 is 6.83. The van der Waals surface area contributed by atoms with Crippen LogP contribution in [0.5, 0.6) is 5.75 Å². The van der Waals surface area contributed by atoms with Crippen LogP contribution in [0.15, 0.2) is 54.6 Å². The van der Waals surface area contributed by atoms with Crippen molar-refractivity contribution in [1.82, 2.24) is 14.6 Å². The van der Waals surface area contributed by atoms with E-state index in [0.29, 0.717) is 11.4 Å². The van der Waals surface area contributed by atoms with E-state index < -0.39 is 0 Å². The molecule has 26 heavy (non-hydrogen) atoms. The third kappa shape index (κ3) is 3.11. The van der Waals surface area contributed by atoms with E-state index in [1.54, 1.807) is 11.6 Å². The zero-order valence-electron chi connectivity index (χ0n) is 14.3. The van der Waals surface area contributed by atoms with Gasteiger partial charge in [0.25, 0.3) is 0 Å². The van der Waals surface area contributed by atoms with Crippen molar-refractivity contribution in [2.75, 3.05) is 7.11 Å². The quantitative estimate of drug-likeness (QED) is 0.485. The standard InChI is InChI=1S/C20H17N3O2S/c1-25-16-10-8-15(9-11-16)19-17(13-24)23-20(21-19)26-18(22-23)12-7-14-5-3-2-4-6-14/h2-6,8-11,13H,7,12H2,1H3. The van der Waals surface area contributed by atoms with Crippen LogP contribution >= 0.6 is 11.3 Å². The van der Waals surface area contributed by atoms with Gasteiger partial charge in [0.2, 0.25) is 4.96 Å². The molecule has 2 aromatic heterocycles. The van der Waals surface area contributed by atoms with E-state index in [4.69, 9.17) is 4.74 Å². The number of hydrogen-bond acceptors (Lipinski definition) is 5. The summed E-state index contributed by atoms with van der Waals surface area (Å²) in [4.78, 5) is 17.0. The molecule has 0 aliphatic carbocycles. The number of imidazole rings is 1. The summed E-state index contributed by atoms with van der Waals surface area (Å²) in [7, 11) is 1.62. The number of carbonyl (C=O) groups excluding carboxylic acids is 1. The molecule has 0 bridgehead atoms. The molecular formula is C20H17N3O2S. The Morgan fingerprint density at radius 1 is 1.08 bits per heavy atom. The number of hydrogen-bond donors (Lipinski definition) is 0. The molecule has 0 radical (unpaired) electrons. The van der Waals surface area contributed by atoms with E-state index in [9.17, 15) is 4.79 Å². The Bertz CT molecular complexity index is 1040. The average molecular weight is 363 g/mol. The Balaban J connectivity index is 1.63. The number of ether oxygens (including phenoxy) is 1. The lowest BCUT2D eigenvalue weighted by Crippen LogP contribution is -1.97. The van der Waals surface area contributed by atoms with Crippen molar-refractivity contribution in [1.29, 1.82) is 0 Å². The minimum Gasteiger partial charge on any atom is -0.497 e. The van der Waals surface area contributed by atoms with Crippen molar-refractivity contribution in [3.05, 3.63) is 70.9 Å². The highest BCUT2D eigenvalue weighted by Crippen LogP contribution is 2.27. The molecular weight excluding hydrogens is 346 g/mol. The molecule has 0 unspecified atom stereocenters. The van der Waals surface area contributed by atoms with Crippen LogP contribution in [0.3, 0.4) is 0 Å². The third-order valence-corrected chi connectivity index (χ3v) is 5.19. The van der Waals surface area contributed by atoms with E-state index in [-0.39, 0.29) is 0 Å². The largest absolute Gasteiger partial charge is 0.497 e. The highest BCUT2D eigenvalue weighted by atomic mass is 32.1.